The summed E-state index contributed by atoms with van der Waals surface area (Å²) in [5.41, 5.74) is 0.158. The normalized spacial score (nSPS) is 17.9. The van der Waals surface area contributed by atoms with Crippen molar-refractivity contribution in [3.8, 4) is 5.75 Å². The van der Waals surface area contributed by atoms with Gasteiger partial charge < -0.3 is 10.1 Å². The van der Waals surface area contributed by atoms with Gasteiger partial charge in [0.25, 0.3) is 0 Å². The first kappa shape index (κ1) is 20.9. The molecule has 1 fully saturated rings. The van der Waals surface area contributed by atoms with Gasteiger partial charge in [-0.3, -0.25) is 4.90 Å². The van der Waals surface area contributed by atoms with Gasteiger partial charge in [-0.1, -0.05) is 12.1 Å². The van der Waals surface area contributed by atoms with E-state index in [1.54, 1.807) is 4.90 Å². The summed E-state index contributed by atoms with van der Waals surface area (Å²) >= 11 is 0. The molecule has 0 spiro atoms. The van der Waals surface area contributed by atoms with Crippen LogP contribution in [0, 0.1) is 0 Å². The molecule has 1 atom stereocenters. The van der Waals surface area contributed by atoms with E-state index in [1.807, 2.05) is 0 Å². The number of halogens is 7. The highest BCUT2D eigenvalue weighted by Crippen LogP contribution is 2.35. The highest BCUT2D eigenvalue weighted by Gasteiger charge is 2.36. The van der Waals surface area contributed by atoms with E-state index < -0.39 is 30.8 Å². The maximum atomic E-state index is 12.9. The van der Waals surface area contributed by atoms with Crippen molar-refractivity contribution >= 4 is 12.4 Å². The van der Waals surface area contributed by atoms with Crippen LogP contribution in [0.1, 0.15) is 18.0 Å². The van der Waals surface area contributed by atoms with Crippen molar-refractivity contribution in [2.75, 3.05) is 26.2 Å². The van der Waals surface area contributed by atoms with Crippen LogP contribution in [0.25, 0.3) is 0 Å². The Balaban J connectivity index is 0.00000288. The van der Waals surface area contributed by atoms with Crippen LogP contribution in [0.2, 0.25) is 0 Å². The number of alkyl halides is 6. The van der Waals surface area contributed by atoms with Crippen LogP contribution in [0.4, 0.5) is 26.3 Å². The van der Waals surface area contributed by atoms with Gasteiger partial charge in [0, 0.05) is 32.2 Å². The highest BCUT2D eigenvalue weighted by atomic mass is 35.5. The van der Waals surface area contributed by atoms with E-state index in [-0.39, 0.29) is 18.0 Å². The number of piperazine rings is 1. The molecule has 1 aromatic carbocycles. The largest absolute Gasteiger partial charge is 0.573 e. The van der Waals surface area contributed by atoms with E-state index in [0.717, 1.165) is 12.1 Å². The highest BCUT2D eigenvalue weighted by molar-refractivity contribution is 5.85. The molecule has 24 heavy (non-hydrogen) atoms. The summed E-state index contributed by atoms with van der Waals surface area (Å²) in [5, 5.41) is 3.03. The fraction of sp³-hybridized carbons (Fsp3) is 0.571. The SMILES string of the molecule is Cl.FC(F)(F)C[C@H](c1cccc(OC(F)(F)F)c1)N1CCNCC1. The van der Waals surface area contributed by atoms with Crippen LogP contribution in [0.15, 0.2) is 24.3 Å². The first-order valence-electron chi connectivity index (χ1n) is 7.01. The van der Waals surface area contributed by atoms with Crippen LogP contribution in [-0.2, 0) is 0 Å². The molecule has 0 aromatic heterocycles. The van der Waals surface area contributed by atoms with E-state index in [1.165, 1.54) is 12.1 Å². The second-order valence-electron chi connectivity index (χ2n) is 5.24. The summed E-state index contributed by atoms with van der Waals surface area (Å²) in [6, 6.07) is 3.71. The standard InChI is InChI=1S/C14H16F6N2O.ClH/c15-13(16,17)9-12(22-6-4-21-5-7-22)10-2-1-3-11(8-10)23-14(18,19)20;/h1-3,8,12,21H,4-7,9H2;1H/t12-;/m1./s1. The van der Waals surface area contributed by atoms with Crippen molar-refractivity contribution in [2.45, 2.75) is 25.0 Å². The zero-order valence-corrected chi connectivity index (χ0v) is 13.3. The lowest BCUT2D eigenvalue weighted by Crippen LogP contribution is -2.46. The lowest BCUT2D eigenvalue weighted by molar-refractivity contribution is -0.274. The minimum Gasteiger partial charge on any atom is -0.406 e. The van der Waals surface area contributed by atoms with Crippen molar-refractivity contribution in [2.24, 2.45) is 0 Å². The Morgan fingerprint density at radius 3 is 2.25 bits per heavy atom. The van der Waals surface area contributed by atoms with Gasteiger partial charge in [0.2, 0.25) is 0 Å². The molecule has 1 N–H and O–H groups in total. The Morgan fingerprint density at radius 1 is 1.08 bits per heavy atom. The number of rotatable bonds is 4. The van der Waals surface area contributed by atoms with Crippen LogP contribution < -0.4 is 10.1 Å². The molecule has 0 radical (unpaired) electrons. The molecule has 1 aromatic rings. The molecule has 0 unspecified atom stereocenters. The molecule has 1 saturated heterocycles. The number of hydrogen-bond donors (Lipinski definition) is 1. The summed E-state index contributed by atoms with van der Waals surface area (Å²) in [7, 11) is 0. The molecule has 138 valence electrons. The van der Waals surface area contributed by atoms with Crippen molar-refractivity contribution in [1.29, 1.82) is 0 Å². The second-order valence-corrected chi connectivity index (χ2v) is 5.24. The monoisotopic (exact) mass is 378 g/mol. The smallest absolute Gasteiger partial charge is 0.406 e. The Kier molecular flexibility index (Phi) is 7.18. The maximum Gasteiger partial charge on any atom is 0.573 e. The minimum absolute atomic E-state index is 0. The molecule has 0 aliphatic carbocycles. The molecule has 3 nitrogen and oxygen atoms in total. The van der Waals surface area contributed by atoms with E-state index in [2.05, 4.69) is 10.1 Å². The molecule has 2 rings (SSSR count). The van der Waals surface area contributed by atoms with Gasteiger partial charge in [-0.15, -0.1) is 25.6 Å². The Bertz CT molecular complexity index is 517. The van der Waals surface area contributed by atoms with Gasteiger partial charge in [-0.2, -0.15) is 13.2 Å². The molecule has 1 heterocycles. The van der Waals surface area contributed by atoms with Crippen LogP contribution in [-0.4, -0.2) is 43.6 Å². The van der Waals surface area contributed by atoms with Crippen LogP contribution >= 0.6 is 12.4 Å². The molecular weight excluding hydrogens is 362 g/mol. The molecule has 1 aliphatic rings. The minimum atomic E-state index is -4.88. The average molecular weight is 379 g/mol. The van der Waals surface area contributed by atoms with E-state index in [9.17, 15) is 26.3 Å². The van der Waals surface area contributed by atoms with E-state index >= 15 is 0 Å². The van der Waals surface area contributed by atoms with Crippen molar-refractivity contribution in [3.05, 3.63) is 29.8 Å². The second kappa shape index (κ2) is 8.26. The Labute approximate surface area is 141 Å². The number of hydrogen-bond acceptors (Lipinski definition) is 3. The summed E-state index contributed by atoms with van der Waals surface area (Å²) in [6.45, 7) is 1.86. The fourth-order valence-corrected chi connectivity index (χ4v) is 2.59. The van der Waals surface area contributed by atoms with Gasteiger partial charge in [0.05, 0.1) is 6.42 Å². The summed E-state index contributed by atoms with van der Waals surface area (Å²) < 4.78 is 79.2. The van der Waals surface area contributed by atoms with Crippen molar-refractivity contribution in [1.82, 2.24) is 10.2 Å². The van der Waals surface area contributed by atoms with Crippen molar-refractivity contribution < 1.29 is 31.1 Å². The fourth-order valence-electron chi connectivity index (χ4n) is 2.59. The lowest BCUT2D eigenvalue weighted by atomic mass is 10.0. The maximum absolute atomic E-state index is 12.9. The van der Waals surface area contributed by atoms with Gasteiger partial charge in [-0.25, -0.2) is 0 Å². The molecule has 1 aliphatic heterocycles. The number of benzene rings is 1. The molecule has 10 heteroatoms. The average Bonchev–Trinajstić information content (AvgIpc) is 2.43. The predicted molar refractivity (Wildman–Crippen MR) is 78.2 cm³/mol. The first-order chi connectivity index (χ1) is 10.6. The Hall–Kier alpha value is -1.19. The third-order valence-electron chi connectivity index (χ3n) is 3.49. The first-order valence-corrected chi connectivity index (χ1v) is 7.01. The van der Waals surface area contributed by atoms with Gasteiger partial charge in [0.15, 0.2) is 0 Å². The molecule has 0 saturated carbocycles. The summed E-state index contributed by atoms with van der Waals surface area (Å²) in [5.74, 6) is -0.516. The summed E-state index contributed by atoms with van der Waals surface area (Å²) in [6.07, 6.45) is -10.4. The van der Waals surface area contributed by atoms with Gasteiger partial charge in [0.1, 0.15) is 5.75 Å². The van der Waals surface area contributed by atoms with Gasteiger partial charge >= 0.3 is 12.5 Å². The van der Waals surface area contributed by atoms with E-state index in [0.29, 0.717) is 26.2 Å². The van der Waals surface area contributed by atoms with Crippen molar-refractivity contribution in [3.63, 3.8) is 0 Å². The van der Waals surface area contributed by atoms with Crippen LogP contribution in [0.3, 0.4) is 0 Å². The number of nitrogens with one attached hydrogen (secondary N) is 1. The zero-order chi connectivity index (χ0) is 17.1. The molecule has 0 bridgehead atoms. The van der Waals surface area contributed by atoms with Crippen LogP contribution in [0.5, 0.6) is 5.75 Å². The number of nitrogens with zero attached hydrogens (tertiary/aromatic N) is 1. The number of ether oxygens (including phenoxy) is 1. The zero-order valence-electron chi connectivity index (χ0n) is 12.5. The third-order valence-corrected chi connectivity index (χ3v) is 3.49. The van der Waals surface area contributed by atoms with Gasteiger partial charge in [-0.05, 0) is 17.7 Å². The Morgan fingerprint density at radius 2 is 1.71 bits per heavy atom. The summed E-state index contributed by atoms with van der Waals surface area (Å²) in [4.78, 5) is 1.62. The molecular formula is C14H17ClF6N2O. The third kappa shape index (κ3) is 6.74. The predicted octanol–water partition coefficient (Wildman–Crippen LogP) is 3.91. The quantitative estimate of drug-likeness (QED) is 0.804. The lowest BCUT2D eigenvalue weighted by Gasteiger charge is -2.35. The topological polar surface area (TPSA) is 24.5 Å². The molecule has 0 amide bonds. The van der Waals surface area contributed by atoms with E-state index in [4.69, 9.17) is 0 Å².